The van der Waals surface area contributed by atoms with Crippen LogP contribution in [0.5, 0.6) is 5.75 Å². The fourth-order valence-corrected chi connectivity index (χ4v) is 1.44. The average Bonchev–Trinajstić information content (AvgIpc) is 2.36. The summed E-state index contributed by atoms with van der Waals surface area (Å²) in [5, 5.41) is 2.84. The zero-order chi connectivity index (χ0) is 12.5. The van der Waals surface area contributed by atoms with Gasteiger partial charge in [0.1, 0.15) is 5.75 Å². The van der Waals surface area contributed by atoms with Gasteiger partial charge in [-0.2, -0.15) is 0 Å². The number of amides is 1. The SMILES string of the molecule is COCCCNC(=O)Cc1ccc(OC)cc1. The Morgan fingerprint density at radius 1 is 1.24 bits per heavy atom. The van der Waals surface area contributed by atoms with Gasteiger partial charge in [0.05, 0.1) is 13.5 Å². The summed E-state index contributed by atoms with van der Waals surface area (Å²) in [7, 11) is 3.27. The molecule has 0 aliphatic rings. The van der Waals surface area contributed by atoms with Crippen LogP contribution in [0.4, 0.5) is 0 Å². The van der Waals surface area contributed by atoms with Crippen molar-refractivity contribution in [3.8, 4) is 5.75 Å². The van der Waals surface area contributed by atoms with Crippen molar-refractivity contribution in [2.45, 2.75) is 12.8 Å². The number of rotatable bonds is 7. The number of carbonyl (C=O) groups excluding carboxylic acids is 1. The molecule has 0 radical (unpaired) electrons. The van der Waals surface area contributed by atoms with Crippen molar-refractivity contribution in [1.29, 1.82) is 0 Å². The van der Waals surface area contributed by atoms with Crippen molar-refractivity contribution in [2.75, 3.05) is 27.4 Å². The van der Waals surface area contributed by atoms with Crippen LogP contribution in [0.1, 0.15) is 12.0 Å². The molecule has 0 bridgehead atoms. The summed E-state index contributed by atoms with van der Waals surface area (Å²) in [4.78, 5) is 11.5. The number of hydrogen-bond acceptors (Lipinski definition) is 3. The van der Waals surface area contributed by atoms with Gasteiger partial charge in [-0.05, 0) is 24.1 Å². The van der Waals surface area contributed by atoms with Crippen molar-refractivity contribution in [3.63, 3.8) is 0 Å². The lowest BCUT2D eigenvalue weighted by Gasteiger charge is -2.05. The van der Waals surface area contributed by atoms with Gasteiger partial charge in [0.15, 0.2) is 0 Å². The van der Waals surface area contributed by atoms with Crippen LogP contribution in [0.3, 0.4) is 0 Å². The molecule has 0 fully saturated rings. The first-order chi connectivity index (χ1) is 8.26. The minimum Gasteiger partial charge on any atom is -0.497 e. The molecule has 0 aromatic heterocycles. The maximum Gasteiger partial charge on any atom is 0.224 e. The first-order valence-electron chi connectivity index (χ1n) is 5.65. The van der Waals surface area contributed by atoms with Gasteiger partial charge in [0.2, 0.25) is 5.91 Å². The molecule has 94 valence electrons. The predicted molar refractivity (Wildman–Crippen MR) is 66.2 cm³/mol. The Hall–Kier alpha value is -1.55. The van der Waals surface area contributed by atoms with Gasteiger partial charge in [0.25, 0.3) is 0 Å². The molecule has 0 heterocycles. The van der Waals surface area contributed by atoms with Crippen LogP contribution in [0.15, 0.2) is 24.3 Å². The maximum atomic E-state index is 11.5. The van der Waals surface area contributed by atoms with Crippen LogP contribution in [0.2, 0.25) is 0 Å². The Balaban J connectivity index is 2.29. The number of carbonyl (C=O) groups is 1. The Morgan fingerprint density at radius 2 is 1.94 bits per heavy atom. The second-order valence-electron chi connectivity index (χ2n) is 3.72. The van der Waals surface area contributed by atoms with E-state index in [1.54, 1.807) is 14.2 Å². The van der Waals surface area contributed by atoms with Crippen LogP contribution in [-0.2, 0) is 16.0 Å². The number of ether oxygens (including phenoxy) is 2. The lowest BCUT2D eigenvalue weighted by Crippen LogP contribution is -2.26. The normalized spacial score (nSPS) is 10.0. The minimum absolute atomic E-state index is 0.0336. The van der Waals surface area contributed by atoms with E-state index < -0.39 is 0 Å². The van der Waals surface area contributed by atoms with E-state index in [-0.39, 0.29) is 5.91 Å². The summed E-state index contributed by atoms with van der Waals surface area (Å²) in [6, 6.07) is 7.50. The monoisotopic (exact) mass is 237 g/mol. The lowest BCUT2D eigenvalue weighted by atomic mass is 10.1. The third-order valence-electron chi connectivity index (χ3n) is 2.37. The summed E-state index contributed by atoms with van der Waals surface area (Å²) < 4.78 is 9.95. The summed E-state index contributed by atoms with van der Waals surface area (Å²) in [5.41, 5.74) is 0.982. The van der Waals surface area contributed by atoms with Gasteiger partial charge in [-0.15, -0.1) is 0 Å². The van der Waals surface area contributed by atoms with E-state index in [0.29, 0.717) is 19.6 Å². The van der Waals surface area contributed by atoms with Crippen LogP contribution >= 0.6 is 0 Å². The van der Waals surface area contributed by atoms with Gasteiger partial charge < -0.3 is 14.8 Å². The van der Waals surface area contributed by atoms with Crippen LogP contribution < -0.4 is 10.1 Å². The Kier molecular flexibility index (Phi) is 6.10. The molecule has 1 aromatic carbocycles. The third kappa shape index (κ3) is 5.36. The molecule has 1 rings (SSSR count). The Morgan fingerprint density at radius 3 is 2.53 bits per heavy atom. The predicted octanol–water partition coefficient (Wildman–Crippen LogP) is 1.39. The lowest BCUT2D eigenvalue weighted by molar-refractivity contribution is -0.120. The molecule has 4 nitrogen and oxygen atoms in total. The fourth-order valence-electron chi connectivity index (χ4n) is 1.44. The number of nitrogens with one attached hydrogen (secondary N) is 1. The molecule has 0 aliphatic heterocycles. The highest BCUT2D eigenvalue weighted by Gasteiger charge is 2.02. The average molecular weight is 237 g/mol. The number of hydrogen-bond donors (Lipinski definition) is 1. The molecule has 17 heavy (non-hydrogen) atoms. The van der Waals surface area contributed by atoms with Crippen molar-refractivity contribution < 1.29 is 14.3 Å². The summed E-state index contributed by atoms with van der Waals surface area (Å²) >= 11 is 0. The van der Waals surface area contributed by atoms with E-state index in [9.17, 15) is 4.79 Å². The minimum atomic E-state index is 0.0336. The molecule has 1 N–H and O–H groups in total. The van der Waals surface area contributed by atoms with Gasteiger partial charge >= 0.3 is 0 Å². The van der Waals surface area contributed by atoms with Crippen molar-refractivity contribution in [2.24, 2.45) is 0 Å². The highest BCUT2D eigenvalue weighted by Crippen LogP contribution is 2.11. The zero-order valence-corrected chi connectivity index (χ0v) is 10.4. The Labute approximate surface area is 102 Å². The maximum absolute atomic E-state index is 11.5. The molecule has 4 heteroatoms. The molecule has 1 aromatic rings. The first kappa shape index (κ1) is 13.5. The summed E-state index contributed by atoms with van der Waals surface area (Å²) in [6.45, 7) is 1.33. The van der Waals surface area contributed by atoms with Crippen molar-refractivity contribution >= 4 is 5.91 Å². The molecule has 0 spiro atoms. The van der Waals surface area contributed by atoms with E-state index >= 15 is 0 Å². The highest BCUT2D eigenvalue weighted by molar-refractivity contribution is 5.78. The second kappa shape index (κ2) is 7.68. The molecule has 0 atom stereocenters. The van der Waals surface area contributed by atoms with Crippen LogP contribution in [0, 0.1) is 0 Å². The van der Waals surface area contributed by atoms with E-state index in [2.05, 4.69) is 5.32 Å². The van der Waals surface area contributed by atoms with Crippen LogP contribution in [0.25, 0.3) is 0 Å². The fraction of sp³-hybridized carbons (Fsp3) is 0.462. The third-order valence-corrected chi connectivity index (χ3v) is 2.37. The van der Waals surface area contributed by atoms with Gasteiger partial charge in [-0.1, -0.05) is 12.1 Å². The number of methoxy groups -OCH3 is 2. The second-order valence-corrected chi connectivity index (χ2v) is 3.72. The Bertz CT molecular complexity index is 335. The smallest absolute Gasteiger partial charge is 0.224 e. The van der Waals surface area contributed by atoms with Crippen LogP contribution in [-0.4, -0.2) is 33.3 Å². The van der Waals surface area contributed by atoms with Crippen molar-refractivity contribution in [3.05, 3.63) is 29.8 Å². The summed E-state index contributed by atoms with van der Waals surface area (Å²) in [6.07, 6.45) is 1.24. The topological polar surface area (TPSA) is 47.6 Å². The van der Waals surface area contributed by atoms with E-state index in [1.165, 1.54) is 0 Å². The largest absolute Gasteiger partial charge is 0.497 e. The quantitative estimate of drug-likeness (QED) is 0.729. The zero-order valence-electron chi connectivity index (χ0n) is 10.4. The van der Waals surface area contributed by atoms with E-state index in [1.807, 2.05) is 24.3 Å². The molecule has 0 aliphatic carbocycles. The summed E-state index contributed by atoms with van der Waals surface area (Å²) in [5.74, 6) is 0.834. The molecular formula is C13H19NO3. The molecule has 1 amide bonds. The molecular weight excluding hydrogens is 218 g/mol. The highest BCUT2D eigenvalue weighted by atomic mass is 16.5. The molecule has 0 unspecified atom stereocenters. The van der Waals surface area contributed by atoms with Gasteiger partial charge in [-0.3, -0.25) is 4.79 Å². The molecule has 0 saturated heterocycles. The van der Waals surface area contributed by atoms with Gasteiger partial charge in [0, 0.05) is 20.3 Å². The molecule has 0 saturated carbocycles. The van der Waals surface area contributed by atoms with Gasteiger partial charge in [-0.25, -0.2) is 0 Å². The van der Waals surface area contributed by atoms with E-state index in [0.717, 1.165) is 17.7 Å². The first-order valence-corrected chi connectivity index (χ1v) is 5.65. The number of benzene rings is 1. The van der Waals surface area contributed by atoms with Crippen molar-refractivity contribution in [1.82, 2.24) is 5.32 Å². The standard InChI is InChI=1S/C13H19NO3/c1-16-9-3-8-14-13(15)10-11-4-6-12(17-2)7-5-11/h4-7H,3,8-10H2,1-2H3,(H,14,15). The van der Waals surface area contributed by atoms with E-state index in [4.69, 9.17) is 9.47 Å².